The summed E-state index contributed by atoms with van der Waals surface area (Å²) < 4.78 is 7.32. The minimum atomic E-state index is 0.377. The highest BCUT2D eigenvalue weighted by Gasteiger charge is 2.16. The quantitative estimate of drug-likeness (QED) is 0.316. The molecule has 9 nitrogen and oxygen atoms in total. The Kier molecular flexibility index (Phi) is 7.03. The Bertz CT molecular complexity index is 1260. The molecule has 1 aliphatic heterocycles. The number of hydrogen-bond donors (Lipinski definition) is 1. The van der Waals surface area contributed by atoms with Crippen LogP contribution in [0.25, 0.3) is 11.3 Å². The lowest BCUT2D eigenvalue weighted by atomic mass is 9.98. The van der Waals surface area contributed by atoms with Crippen LogP contribution in [0.15, 0.2) is 53.0 Å². The number of aliphatic imine (C=N–C) groups is 1. The van der Waals surface area contributed by atoms with E-state index in [-0.39, 0.29) is 0 Å². The van der Waals surface area contributed by atoms with E-state index < -0.39 is 0 Å². The van der Waals surface area contributed by atoms with E-state index in [0.29, 0.717) is 31.0 Å². The molecule has 1 saturated heterocycles. The van der Waals surface area contributed by atoms with Gasteiger partial charge in [0, 0.05) is 74.0 Å². The first-order valence-corrected chi connectivity index (χ1v) is 11.1. The van der Waals surface area contributed by atoms with Crippen molar-refractivity contribution in [2.24, 2.45) is 15.8 Å². The maximum Gasteiger partial charge on any atom is 0.151 e. The van der Waals surface area contributed by atoms with Crippen LogP contribution in [0.1, 0.15) is 32.7 Å². The minimum absolute atomic E-state index is 0.377. The van der Waals surface area contributed by atoms with E-state index in [9.17, 15) is 4.79 Å². The Hall–Kier alpha value is -3.98. The van der Waals surface area contributed by atoms with Crippen LogP contribution in [0, 0.1) is 6.92 Å². The molecule has 3 aromatic rings. The van der Waals surface area contributed by atoms with Crippen molar-refractivity contribution in [3.05, 3.63) is 70.8 Å². The first kappa shape index (κ1) is 23.2. The molecule has 9 heteroatoms. The molecule has 0 aliphatic carbocycles. The first-order valence-electron chi connectivity index (χ1n) is 11.1. The molecule has 0 bridgehead atoms. The average Bonchev–Trinajstić information content (AvgIpc) is 3.26. The number of nitrogens with two attached hydrogens (primary N) is 1. The number of ether oxygens (including phenoxy) is 1. The standard InChI is InChI=1S/C25H29N7O2/c1-18-10-21(30-6-8-34-9-7-30)11-22(23(18)12-27-2)24(26)16-32(28-3)15-20-14-31-13-19(17-33)4-5-25(31)29-20/h4-5,10-14,16-17H,3,6-9,15,26H2,1-2H3/b24-16-,27-12-. The van der Waals surface area contributed by atoms with Crippen LogP contribution in [-0.4, -0.2) is 67.0 Å². The first-order chi connectivity index (χ1) is 16.5. The normalized spacial score (nSPS) is 14.6. The highest BCUT2D eigenvalue weighted by atomic mass is 16.5. The number of hydrogen-bond acceptors (Lipinski definition) is 8. The van der Waals surface area contributed by atoms with Crippen molar-refractivity contribution in [1.29, 1.82) is 0 Å². The summed E-state index contributed by atoms with van der Waals surface area (Å²) in [6.07, 6.45) is 8.00. The molecule has 0 atom stereocenters. The van der Waals surface area contributed by atoms with Gasteiger partial charge in [0.1, 0.15) is 5.65 Å². The van der Waals surface area contributed by atoms with Gasteiger partial charge < -0.3 is 19.8 Å². The largest absolute Gasteiger partial charge is 0.397 e. The predicted molar refractivity (Wildman–Crippen MR) is 136 cm³/mol. The molecule has 4 rings (SSSR count). The van der Waals surface area contributed by atoms with Crippen molar-refractivity contribution in [2.75, 3.05) is 38.3 Å². The van der Waals surface area contributed by atoms with Crippen LogP contribution in [0.5, 0.6) is 0 Å². The number of imidazole rings is 1. The third-order valence-electron chi connectivity index (χ3n) is 5.77. The van der Waals surface area contributed by atoms with Gasteiger partial charge in [-0.3, -0.25) is 14.8 Å². The number of carbonyl (C=O) groups excluding carboxylic acids is 1. The van der Waals surface area contributed by atoms with Crippen molar-refractivity contribution in [1.82, 2.24) is 14.4 Å². The number of carbonyl (C=O) groups is 1. The number of pyridine rings is 1. The number of anilines is 1. The van der Waals surface area contributed by atoms with Gasteiger partial charge in [-0.15, -0.1) is 0 Å². The van der Waals surface area contributed by atoms with Crippen molar-refractivity contribution in [3.8, 4) is 0 Å². The fourth-order valence-corrected chi connectivity index (χ4v) is 4.06. The van der Waals surface area contributed by atoms with Crippen LogP contribution in [0.2, 0.25) is 0 Å². The highest BCUT2D eigenvalue weighted by Crippen LogP contribution is 2.27. The molecule has 34 heavy (non-hydrogen) atoms. The number of benzene rings is 1. The van der Waals surface area contributed by atoms with Crippen molar-refractivity contribution < 1.29 is 9.53 Å². The van der Waals surface area contributed by atoms with Crippen LogP contribution in [-0.2, 0) is 11.3 Å². The van der Waals surface area contributed by atoms with Crippen LogP contribution < -0.4 is 10.6 Å². The summed E-state index contributed by atoms with van der Waals surface area (Å²) in [5.41, 5.74) is 13.3. The van der Waals surface area contributed by atoms with Gasteiger partial charge in [-0.1, -0.05) is 0 Å². The Morgan fingerprint density at radius 2 is 2.09 bits per heavy atom. The molecule has 0 radical (unpaired) electrons. The van der Waals surface area contributed by atoms with Crippen LogP contribution in [0.3, 0.4) is 0 Å². The second kappa shape index (κ2) is 10.3. The summed E-state index contributed by atoms with van der Waals surface area (Å²) in [6, 6.07) is 7.79. The van der Waals surface area contributed by atoms with E-state index in [0.717, 1.165) is 53.1 Å². The van der Waals surface area contributed by atoms with E-state index in [1.54, 1.807) is 36.6 Å². The maximum atomic E-state index is 11.1. The second-order valence-electron chi connectivity index (χ2n) is 8.11. The number of aryl methyl sites for hydroxylation is 1. The predicted octanol–water partition coefficient (Wildman–Crippen LogP) is 2.72. The fraction of sp³-hybridized carbons (Fsp3) is 0.280. The van der Waals surface area contributed by atoms with Gasteiger partial charge in [0.25, 0.3) is 0 Å². The highest BCUT2D eigenvalue weighted by molar-refractivity contribution is 5.91. The van der Waals surface area contributed by atoms with E-state index in [1.807, 2.05) is 16.8 Å². The third-order valence-corrected chi connectivity index (χ3v) is 5.77. The van der Waals surface area contributed by atoms with Crippen molar-refractivity contribution >= 4 is 36.2 Å². The number of aldehydes is 1. The van der Waals surface area contributed by atoms with Gasteiger partial charge >= 0.3 is 0 Å². The number of aromatic nitrogens is 2. The number of hydrazone groups is 1. The Morgan fingerprint density at radius 3 is 2.79 bits per heavy atom. The van der Waals surface area contributed by atoms with Gasteiger partial charge in [-0.2, -0.15) is 5.10 Å². The molecule has 0 saturated carbocycles. The summed E-state index contributed by atoms with van der Waals surface area (Å²) in [6.45, 7) is 9.23. The van der Waals surface area contributed by atoms with Crippen LogP contribution >= 0.6 is 0 Å². The molecular formula is C25H29N7O2. The number of fused-ring (bicyclic) bond motifs is 1. The lowest BCUT2D eigenvalue weighted by molar-refractivity contribution is 0.112. The number of nitrogens with zero attached hydrogens (tertiary/aromatic N) is 6. The summed E-state index contributed by atoms with van der Waals surface area (Å²) in [5, 5.41) is 5.78. The van der Waals surface area contributed by atoms with Crippen molar-refractivity contribution in [3.63, 3.8) is 0 Å². The summed E-state index contributed by atoms with van der Waals surface area (Å²) in [4.78, 5) is 22.2. The SMILES string of the molecule is C=NN(/C=C(\N)c1cc(N2CCOCC2)cc(C)c1/C=N\C)Cc1cn2cc(C=O)ccc2n1. The second-order valence-corrected chi connectivity index (χ2v) is 8.11. The zero-order valence-electron chi connectivity index (χ0n) is 19.5. The van der Waals surface area contributed by atoms with E-state index >= 15 is 0 Å². The van der Waals surface area contributed by atoms with Gasteiger partial charge in [0.15, 0.2) is 6.29 Å². The van der Waals surface area contributed by atoms with Crippen molar-refractivity contribution in [2.45, 2.75) is 13.5 Å². The molecule has 0 unspecified atom stereocenters. The Labute approximate surface area is 198 Å². The zero-order valence-corrected chi connectivity index (χ0v) is 19.5. The molecule has 1 fully saturated rings. The van der Waals surface area contributed by atoms with Gasteiger partial charge in [0.05, 0.1) is 31.1 Å². The smallest absolute Gasteiger partial charge is 0.151 e. The third kappa shape index (κ3) is 4.99. The zero-order chi connectivity index (χ0) is 24.1. The van der Waals surface area contributed by atoms with Gasteiger partial charge in [-0.05, 0) is 36.8 Å². The summed E-state index contributed by atoms with van der Waals surface area (Å²) in [7, 11) is 1.75. The molecule has 176 valence electrons. The molecule has 2 aromatic heterocycles. The lowest BCUT2D eigenvalue weighted by Crippen LogP contribution is -2.36. The maximum absolute atomic E-state index is 11.1. The Balaban J connectivity index is 1.65. The monoisotopic (exact) mass is 459 g/mol. The topological polar surface area (TPSA) is 101 Å². The Morgan fingerprint density at radius 1 is 1.29 bits per heavy atom. The van der Waals surface area contributed by atoms with E-state index in [2.05, 4.69) is 45.8 Å². The number of morpholine rings is 1. The molecule has 1 aliphatic rings. The lowest BCUT2D eigenvalue weighted by Gasteiger charge is -2.30. The van der Waals surface area contributed by atoms with Gasteiger partial charge in [-0.25, -0.2) is 4.98 Å². The summed E-state index contributed by atoms with van der Waals surface area (Å²) in [5.74, 6) is 0. The molecule has 0 spiro atoms. The number of rotatable bonds is 8. The summed E-state index contributed by atoms with van der Waals surface area (Å²) >= 11 is 0. The molecule has 2 N–H and O–H groups in total. The molecule has 0 amide bonds. The fourth-order valence-electron chi connectivity index (χ4n) is 4.06. The minimum Gasteiger partial charge on any atom is -0.397 e. The molecule has 3 heterocycles. The van der Waals surface area contributed by atoms with Gasteiger partial charge in [0.2, 0.25) is 0 Å². The van der Waals surface area contributed by atoms with E-state index in [1.165, 1.54) is 0 Å². The van der Waals surface area contributed by atoms with Crippen LogP contribution in [0.4, 0.5) is 5.69 Å². The van der Waals surface area contributed by atoms with E-state index in [4.69, 9.17) is 10.5 Å². The average molecular weight is 460 g/mol. The molecular weight excluding hydrogens is 430 g/mol. The molecule has 1 aromatic carbocycles.